The summed E-state index contributed by atoms with van der Waals surface area (Å²) in [5, 5.41) is 5.44. The van der Waals surface area contributed by atoms with E-state index in [1.54, 1.807) is 67.8 Å². The van der Waals surface area contributed by atoms with Crippen molar-refractivity contribution in [2.45, 2.75) is 19.3 Å². The molecule has 0 aliphatic carbocycles. The van der Waals surface area contributed by atoms with Gasteiger partial charge in [-0.1, -0.05) is 30.3 Å². The Labute approximate surface area is 238 Å². The van der Waals surface area contributed by atoms with Gasteiger partial charge >= 0.3 is 5.97 Å². The van der Waals surface area contributed by atoms with Crippen LogP contribution in [-0.2, 0) is 19.1 Å². The Morgan fingerprint density at radius 1 is 0.585 bits per heavy atom. The molecule has 0 bridgehead atoms. The van der Waals surface area contributed by atoms with Gasteiger partial charge in [-0.25, -0.2) is 0 Å². The second-order valence-corrected chi connectivity index (χ2v) is 8.83. The highest BCUT2D eigenvalue weighted by molar-refractivity contribution is 5.93. The maximum absolute atomic E-state index is 12.3. The number of benzene rings is 4. The van der Waals surface area contributed by atoms with Crippen LogP contribution in [0.4, 0.5) is 11.4 Å². The Bertz CT molecular complexity index is 1440. The van der Waals surface area contributed by atoms with Crippen molar-refractivity contribution in [3.63, 3.8) is 0 Å². The molecule has 0 aliphatic heterocycles. The number of esters is 1. The lowest BCUT2D eigenvalue weighted by molar-refractivity contribution is -0.147. The molecule has 0 unspecified atom stereocenters. The predicted octanol–water partition coefficient (Wildman–Crippen LogP) is 6.57. The van der Waals surface area contributed by atoms with Gasteiger partial charge in [0, 0.05) is 24.2 Å². The van der Waals surface area contributed by atoms with E-state index in [0.29, 0.717) is 40.1 Å². The standard InChI is InChI=1S/C32H30N2O7/c1-38-28-10-5-6-11-29(28)41-27-20-16-23(17-21-27)33-30(35)12-7-13-32(37)39-22-31(36)34-24-14-18-26(19-15-24)40-25-8-3-2-4-9-25/h2-6,8-11,14-21H,7,12-13,22H2,1H3,(H,33,35)(H,34,36). The van der Waals surface area contributed by atoms with Crippen LogP contribution in [0.1, 0.15) is 19.3 Å². The summed E-state index contributed by atoms with van der Waals surface area (Å²) in [6, 6.07) is 30.4. The molecule has 9 heteroatoms. The number of anilines is 2. The van der Waals surface area contributed by atoms with Crippen LogP contribution in [0.5, 0.6) is 28.7 Å². The van der Waals surface area contributed by atoms with Crippen molar-refractivity contribution in [1.82, 2.24) is 0 Å². The van der Waals surface area contributed by atoms with Crippen LogP contribution in [0.2, 0.25) is 0 Å². The fourth-order valence-electron chi connectivity index (χ4n) is 3.70. The first kappa shape index (κ1) is 28.7. The Balaban J connectivity index is 1.11. The number of hydrogen-bond acceptors (Lipinski definition) is 7. The molecular weight excluding hydrogens is 524 g/mol. The molecule has 0 spiro atoms. The molecule has 0 aliphatic rings. The number of carbonyl (C=O) groups excluding carboxylic acids is 3. The molecule has 2 N–H and O–H groups in total. The Hall–Kier alpha value is -5.31. The van der Waals surface area contributed by atoms with Crippen molar-refractivity contribution in [3.8, 4) is 28.7 Å². The second-order valence-electron chi connectivity index (χ2n) is 8.83. The zero-order chi connectivity index (χ0) is 28.9. The van der Waals surface area contributed by atoms with Crippen molar-refractivity contribution in [2.24, 2.45) is 0 Å². The SMILES string of the molecule is COc1ccccc1Oc1ccc(NC(=O)CCCC(=O)OCC(=O)Nc2ccc(Oc3ccccc3)cc2)cc1. The molecule has 4 rings (SSSR count). The van der Waals surface area contributed by atoms with Gasteiger partial charge < -0.3 is 29.6 Å². The first-order valence-electron chi connectivity index (χ1n) is 13.0. The van der Waals surface area contributed by atoms with Gasteiger partial charge in [0.15, 0.2) is 18.1 Å². The first-order valence-corrected chi connectivity index (χ1v) is 13.0. The molecule has 0 radical (unpaired) electrons. The van der Waals surface area contributed by atoms with Gasteiger partial charge in [0.1, 0.15) is 17.2 Å². The van der Waals surface area contributed by atoms with Crippen molar-refractivity contribution in [2.75, 3.05) is 24.4 Å². The monoisotopic (exact) mass is 554 g/mol. The van der Waals surface area contributed by atoms with Crippen molar-refractivity contribution >= 4 is 29.2 Å². The molecular formula is C32H30N2O7. The molecule has 2 amide bonds. The van der Waals surface area contributed by atoms with Gasteiger partial charge in [0.2, 0.25) is 5.91 Å². The Morgan fingerprint density at radius 2 is 1.12 bits per heavy atom. The largest absolute Gasteiger partial charge is 0.493 e. The van der Waals surface area contributed by atoms with Crippen molar-refractivity contribution < 1.29 is 33.3 Å². The highest BCUT2D eigenvalue weighted by atomic mass is 16.5. The van der Waals surface area contributed by atoms with Gasteiger partial charge in [0.05, 0.1) is 7.11 Å². The summed E-state index contributed by atoms with van der Waals surface area (Å²) < 4.78 is 21.9. The number of amides is 2. The lowest BCUT2D eigenvalue weighted by Gasteiger charge is -2.11. The molecule has 0 aromatic heterocycles. The number of para-hydroxylation sites is 3. The predicted molar refractivity (Wildman–Crippen MR) is 155 cm³/mol. The average Bonchev–Trinajstić information content (AvgIpc) is 2.99. The number of ether oxygens (including phenoxy) is 4. The molecule has 0 saturated heterocycles. The number of carbonyl (C=O) groups is 3. The summed E-state index contributed by atoms with van der Waals surface area (Å²) in [4.78, 5) is 36.4. The zero-order valence-corrected chi connectivity index (χ0v) is 22.5. The van der Waals surface area contributed by atoms with Gasteiger partial charge in [-0.2, -0.15) is 0 Å². The van der Waals surface area contributed by atoms with Crippen molar-refractivity contribution in [3.05, 3.63) is 103 Å². The van der Waals surface area contributed by atoms with Gasteiger partial charge in [-0.3, -0.25) is 14.4 Å². The van der Waals surface area contributed by atoms with Gasteiger partial charge in [-0.15, -0.1) is 0 Å². The molecule has 4 aromatic carbocycles. The molecule has 41 heavy (non-hydrogen) atoms. The summed E-state index contributed by atoms with van der Waals surface area (Å²) in [6.07, 6.45) is 0.417. The molecule has 9 nitrogen and oxygen atoms in total. The first-order chi connectivity index (χ1) is 20.0. The van der Waals surface area contributed by atoms with Gasteiger partial charge in [0.25, 0.3) is 5.91 Å². The van der Waals surface area contributed by atoms with E-state index in [4.69, 9.17) is 18.9 Å². The highest BCUT2D eigenvalue weighted by Crippen LogP contribution is 2.31. The molecule has 4 aromatic rings. The molecule has 0 atom stereocenters. The van der Waals surface area contributed by atoms with E-state index in [1.165, 1.54) is 0 Å². The minimum Gasteiger partial charge on any atom is -0.493 e. The van der Waals surface area contributed by atoms with Crippen molar-refractivity contribution in [1.29, 1.82) is 0 Å². The molecule has 210 valence electrons. The summed E-state index contributed by atoms with van der Waals surface area (Å²) in [5.41, 5.74) is 1.14. The van der Waals surface area contributed by atoms with Crippen LogP contribution >= 0.6 is 0 Å². The number of nitrogens with one attached hydrogen (secondary N) is 2. The third-order valence-electron chi connectivity index (χ3n) is 5.70. The van der Waals surface area contributed by atoms with E-state index >= 15 is 0 Å². The molecule has 0 heterocycles. The van der Waals surface area contributed by atoms with Crippen LogP contribution < -0.4 is 24.8 Å². The molecule has 0 fully saturated rings. The van der Waals surface area contributed by atoms with Crippen LogP contribution in [0, 0.1) is 0 Å². The van der Waals surface area contributed by atoms with E-state index in [1.807, 2.05) is 42.5 Å². The summed E-state index contributed by atoms with van der Waals surface area (Å²) in [6.45, 7) is -0.420. The molecule has 0 saturated carbocycles. The van der Waals surface area contributed by atoms with E-state index in [2.05, 4.69) is 10.6 Å². The highest BCUT2D eigenvalue weighted by Gasteiger charge is 2.11. The minimum absolute atomic E-state index is 0.0118. The summed E-state index contributed by atoms with van der Waals surface area (Å²) in [7, 11) is 1.57. The summed E-state index contributed by atoms with van der Waals surface area (Å²) in [5.74, 6) is 1.85. The minimum atomic E-state index is -0.558. The normalized spacial score (nSPS) is 10.3. The van der Waals surface area contributed by atoms with Crippen LogP contribution in [-0.4, -0.2) is 31.5 Å². The number of hydrogen-bond donors (Lipinski definition) is 2. The smallest absolute Gasteiger partial charge is 0.306 e. The van der Waals surface area contributed by atoms with Crippen LogP contribution in [0.25, 0.3) is 0 Å². The summed E-state index contributed by atoms with van der Waals surface area (Å²) >= 11 is 0. The zero-order valence-electron chi connectivity index (χ0n) is 22.5. The lowest BCUT2D eigenvalue weighted by atomic mass is 10.2. The van der Waals surface area contributed by atoms with Crippen LogP contribution in [0.15, 0.2) is 103 Å². The third-order valence-corrected chi connectivity index (χ3v) is 5.70. The van der Waals surface area contributed by atoms with Gasteiger partial charge in [-0.05, 0) is 79.2 Å². The van der Waals surface area contributed by atoms with Crippen LogP contribution in [0.3, 0.4) is 0 Å². The van der Waals surface area contributed by atoms with E-state index < -0.39 is 18.5 Å². The average molecular weight is 555 g/mol. The quantitative estimate of drug-likeness (QED) is 0.180. The third kappa shape index (κ3) is 9.43. The Morgan fingerprint density at radius 3 is 1.76 bits per heavy atom. The second kappa shape index (κ2) is 14.7. The maximum Gasteiger partial charge on any atom is 0.306 e. The van der Waals surface area contributed by atoms with E-state index in [-0.39, 0.29) is 25.2 Å². The fourth-order valence-corrected chi connectivity index (χ4v) is 3.70. The number of rotatable bonds is 13. The Kier molecular flexibility index (Phi) is 10.3. The topological polar surface area (TPSA) is 112 Å². The maximum atomic E-state index is 12.3. The lowest BCUT2D eigenvalue weighted by Crippen LogP contribution is -2.21. The fraction of sp³-hybridized carbons (Fsp3) is 0.156. The number of methoxy groups -OCH3 is 1. The van der Waals surface area contributed by atoms with E-state index in [9.17, 15) is 14.4 Å². The van der Waals surface area contributed by atoms with E-state index in [0.717, 1.165) is 0 Å².